The van der Waals surface area contributed by atoms with Crippen LogP contribution in [0.4, 0.5) is 8.78 Å². The molecule has 0 fully saturated rings. The molecule has 0 aromatic heterocycles. The van der Waals surface area contributed by atoms with Gasteiger partial charge in [0.1, 0.15) is 11.5 Å². The Hall–Kier alpha value is -0.770. The zero-order valence-electron chi connectivity index (χ0n) is 7.78. The van der Waals surface area contributed by atoms with Gasteiger partial charge in [-0.2, -0.15) is 0 Å². The van der Waals surface area contributed by atoms with Gasteiger partial charge >= 0.3 is 0 Å². The molecular formula is C8H14F2N2. The van der Waals surface area contributed by atoms with Crippen LogP contribution in [0.2, 0.25) is 0 Å². The van der Waals surface area contributed by atoms with Gasteiger partial charge in [-0.15, -0.1) is 0 Å². The van der Waals surface area contributed by atoms with Crippen molar-refractivity contribution in [1.82, 2.24) is 0 Å². The maximum absolute atomic E-state index is 12.8. The van der Waals surface area contributed by atoms with Crippen molar-refractivity contribution in [3.05, 3.63) is 11.7 Å². The van der Waals surface area contributed by atoms with E-state index in [1.807, 2.05) is 0 Å². The van der Waals surface area contributed by atoms with E-state index in [0.29, 0.717) is 0 Å². The van der Waals surface area contributed by atoms with Gasteiger partial charge in [0.25, 0.3) is 0 Å². The molecule has 0 atom stereocenters. The fourth-order valence-corrected chi connectivity index (χ4v) is 0.731. The Morgan fingerprint density at radius 1 is 1.25 bits per heavy atom. The molecule has 0 aliphatic rings. The third-order valence-electron chi connectivity index (χ3n) is 1.08. The fraction of sp³-hybridized carbons (Fsp3) is 0.625. The molecule has 2 nitrogen and oxygen atoms in total. The highest BCUT2D eigenvalue weighted by Gasteiger charge is 2.11. The molecule has 0 saturated heterocycles. The monoisotopic (exact) mass is 176 g/mol. The molecule has 0 amide bonds. The van der Waals surface area contributed by atoms with Crippen molar-refractivity contribution >= 4 is 5.71 Å². The fourth-order valence-electron chi connectivity index (χ4n) is 0.731. The molecule has 0 spiro atoms. The first kappa shape index (κ1) is 11.2. The summed E-state index contributed by atoms with van der Waals surface area (Å²) >= 11 is 0. The predicted molar refractivity (Wildman–Crippen MR) is 46.3 cm³/mol. The van der Waals surface area contributed by atoms with E-state index in [0.717, 1.165) is 6.92 Å². The first-order valence-corrected chi connectivity index (χ1v) is 3.61. The summed E-state index contributed by atoms with van der Waals surface area (Å²) in [4.78, 5) is 3.75. The zero-order valence-corrected chi connectivity index (χ0v) is 7.78. The van der Waals surface area contributed by atoms with Crippen LogP contribution in [0.1, 0.15) is 27.7 Å². The Labute approximate surface area is 71.2 Å². The van der Waals surface area contributed by atoms with E-state index in [9.17, 15) is 8.78 Å². The van der Waals surface area contributed by atoms with Gasteiger partial charge in [-0.25, -0.2) is 8.78 Å². The number of aliphatic imine (C=N–C) groups is 1. The van der Waals surface area contributed by atoms with Gasteiger partial charge < -0.3 is 5.73 Å². The molecule has 0 aromatic carbocycles. The van der Waals surface area contributed by atoms with Crippen LogP contribution in [0, 0.1) is 0 Å². The second-order valence-corrected chi connectivity index (χ2v) is 3.20. The summed E-state index contributed by atoms with van der Waals surface area (Å²) in [5.41, 5.74) is 4.60. The minimum absolute atomic E-state index is 0.0116. The van der Waals surface area contributed by atoms with Crippen LogP contribution in [0.25, 0.3) is 0 Å². The molecule has 4 heteroatoms. The summed E-state index contributed by atoms with van der Waals surface area (Å²) in [5.74, 6) is -1.81. The van der Waals surface area contributed by atoms with Crippen LogP contribution < -0.4 is 5.73 Å². The second kappa shape index (κ2) is 3.76. The zero-order chi connectivity index (χ0) is 9.94. The third kappa shape index (κ3) is 4.18. The molecule has 0 radical (unpaired) electrons. The summed E-state index contributed by atoms with van der Waals surface area (Å²) in [6.45, 7) is 5.64. The smallest absolute Gasteiger partial charge is 0.175 e. The molecule has 0 heterocycles. The lowest BCUT2D eigenvalue weighted by Crippen LogP contribution is -2.30. The average molecular weight is 176 g/mol. The highest BCUT2D eigenvalue weighted by molar-refractivity contribution is 5.96. The lowest BCUT2D eigenvalue weighted by Gasteiger charge is -2.13. The highest BCUT2D eigenvalue weighted by atomic mass is 19.2. The Bertz CT molecular complexity index is 220. The average Bonchev–Trinajstić information content (AvgIpc) is 1.82. The number of hydrogen-bond acceptors (Lipinski definition) is 2. The Kier molecular flexibility index (Phi) is 3.52. The summed E-state index contributed by atoms with van der Waals surface area (Å²) in [5, 5.41) is 0. The van der Waals surface area contributed by atoms with Crippen LogP contribution >= 0.6 is 0 Å². The van der Waals surface area contributed by atoms with Crippen molar-refractivity contribution in [3.8, 4) is 0 Å². The van der Waals surface area contributed by atoms with E-state index < -0.39 is 17.3 Å². The molecule has 0 aromatic rings. The van der Waals surface area contributed by atoms with Crippen LogP contribution in [0.5, 0.6) is 0 Å². The van der Waals surface area contributed by atoms with Crippen molar-refractivity contribution in [1.29, 1.82) is 0 Å². The summed E-state index contributed by atoms with van der Waals surface area (Å²) in [7, 11) is 0. The number of halogens is 2. The predicted octanol–water partition coefficient (Wildman–Crippen LogP) is 2.31. The van der Waals surface area contributed by atoms with Gasteiger partial charge in [-0.3, -0.25) is 4.99 Å². The maximum Gasteiger partial charge on any atom is 0.175 e. The molecule has 0 saturated carbocycles. The summed E-state index contributed by atoms with van der Waals surface area (Å²) in [6, 6.07) is 0. The summed E-state index contributed by atoms with van der Waals surface area (Å²) in [6.07, 6.45) is 0. The molecule has 0 aliphatic heterocycles. The Balaban J connectivity index is 4.73. The first-order valence-electron chi connectivity index (χ1n) is 3.61. The quantitative estimate of drug-likeness (QED) is 0.644. The van der Waals surface area contributed by atoms with Crippen LogP contribution in [0.15, 0.2) is 16.6 Å². The van der Waals surface area contributed by atoms with E-state index >= 15 is 0 Å². The minimum Gasteiger partial charge on any atom is -0.308 e. The molecule has 2 N–H and O–H groups in total. The van der Waals surface area contributed by atoms with Gasteiger partial charge in [0.15, 0.2) is 5.83 Å². The topological polar surface area (TPSA) is 38.4 Å². The standard InChI is InChI=1S/C8H14F2N2/c1-5(9)7(10)6(2)12-8(3,4)11/h11H2,1-4H3/b7-5-,12-6?. The van der Waals surface area contributed by atoms with E-state index in [-0.39, 0.29) is 5.71 Å². The number of hydrogen-bond donors (Lipinski definition) is 1. The van der Waals surface area contributed by atoms with Gasteiger partial charge in [0.2, 0.25) is 0 Å². The van der Waals surface area contributed by atoms with Crippen molar-refractivity contribution in [3.63, 3.8) is 0 Å². The van der Waals surface area contributed by atoms with Crippen molar-refractivity contribution in [2.45, 2.75) is 33.4 Å². The first-order chi connectivity index (χ1) is 5.24. The Morgan fingerprint density at radius 2 is 1.67 bits per heavy atom. The summed E-state index contributed by atoms with van der Waals surface area (Å²) < 4.78 is 25.1. The van der Waals surface area contributed by atoms with Gasteiger partial charge in [-0.1, -0.05) is 0 Å². The minimum atomic E-state index is -0.937. The Morgan fingerprint density at radius 3 is 1.92 bits per heavy atom. The molecule has 0 unspecified atom stereocenters. The molecular weight excluding hydrogens is 162 g/mol. The van der Waals surface area contributed by atoms with Crippen LogP contribution in [-0.4, -0.2) is 11.4 Å². The van der Waals surface area contributed by atoms with E-state index in [4.69, 9.17) is 5.73 Å². The number of nitrogens with two attached hydrogens (primary N) is 1. The van der Waals surface area contributed by atoms with Gasteiger partial charge in [-0.05, 0) is 27.7 Å². The molecule has 70 valence electrons. The van der Waals surface area contributed by atoms with Gasteiger partial charge in [0, 0.05) is 0 Å². The lowest BCUT2D eigenvalue weighted by atomic mass is 10.2. The lowest BCUT2D eigenvalue weighted by molar-refractivity contribution is 0.536. The number of rotatable bonds is 2. The van der Waals surface area contributed by atoms with Crippen LogP contribution in [-0.2, 0) is 0 Å². The SMILES string of the molecule is CC(=NC(C)(C)N)/C(F)=C(\C)F. The molecule has 0 aliphatic carbocycles. The molecule has 0 rings (SSSR count). The van der Waals surface area contributed by atoms with Gasteiger partial charge in [0.05, 0.1) is 5.71 Å². The highest BCUT2D eigenvalue weighted by Crippen LogP contribution is 2.11. The van der Waals surface area contributed by atoms with E-state index in [2.05, 4.69) is 4.99 Å². The number of nitrogens with zero attached hydrogens (tertiary/aromatic N) is 1. The maximum atomic E-state index is 12.8. The second-order valence-electron chi connectivity index (χ2n) is 3.20. The van der Waals surface area contributed by atoms with E-state index in [1.54, 1.807) is 13.8 Å². The molecule has 0 bridgehead atoms. The van der Waals surface area contributed by atoms with Crippen LogP contribution in [0.3, 0.4) is 0 Å². The normalized spacial score (nSPS) is 16.1. The van der Waals surface area contributed by atoms with E-state index in [1.165, 1.54) is 6.92 Å². The number of allylic oxidation sites excluding steroid dienone is 2. The largest absolute Gasteiger partial charge is 0.308 e. The molecule has 12 heavy (non-hydrogen) atoms. The third-order valence-corrected chi connectivity index (χ3v) is 1.08. The van der Waals surface area contributed by atoms with Crippen molar-refractivity contribution in [2.75, 3.05) is 0 Å². The van der Waals surface area contributed by atoms with Crippen molar-refractivity contribution < 1.29 is 8.78 Å². The van der Waals surface area contributed by atoms with Crippen molar-refractivity contribution in [2.24, 2.45) is 10.7 Å².